The van der Waals surface area contributed by atoms with Crippen LogP contribution in [0.2, 0.25) is 0 Å². The Labute approximate surface area is 70.1 Å². The van der Waals surface area contributed by atoms with Crippen molar-refractivity contribution in [2.45, 2.75) is 19.4 Å². The fourth-order valence-corrected chi connectivity index (χ4v) is 0.747. The quantitative estimate of drug-likeness (QED) is 0.455. The van der Waals surface area contributed by atoms with Crippen molar-refractivity contribution in [1.82, 2.24) is 0 Å². The Kier molecular flexibility index (Phi) is 2.47. The van der Waals surface area contributed by atoms with E-state index in [1.165, 1.54) is 0 Å². The summed E-state index contributed by atoms with van der Waals surface area (Å²) >= 11 is 0. The fraction of sp³-hybridized carbons (Fsp3) is 0.500. The van der Waals surface area contributed by atoms with Crippen molar-refractivity contribution in [1.29, 1.82) is 0 Å². The topological polar surface area (TPSA) is 52.6 Å². The van der Waals surface area contributed by atoms with Crippen LogP contribution < -0.4 is 0 Å². The molecule has 1 aliphatic rings. The maximum absolute atomic E-state index is 10.8. The van der Waals surface area contributed by atoms with Crippen molar-refractivity contribution in [3.63, 3.8) is 0 Å². The Hall–Kier alpha value is -1.32. The molecule has 12 heavy (non-hydrogen) atoms. The molecule has 0 amide bonds. The van der Waals surface area contributed by atoms with Gasteiger partial charge in [0.1, 0.15) is 12.7 Å². The molecule has 1 unspecified atom stereocenters. The van der Waals surface area contributed by atoms with E-state index in [1.54, 1.807) is 6.92 Å². The van der Waals surface area contributed by atoms with Gasteiger partial charge >= 0.3 is 11.9 Å². The van der Waals surface area contributed by atoms with Crippen LogP contribution in [-0.4, -0.2) is 24.6 Å². The first-order valence-corrected chi connectivity index (χ1v) is 3.61. The molecule has 1 aliphatic heterocycles. The molecular formula is C8H10O4. The summed E-state index contributed by atoms with van der Waals surface area (Å²) in [5.41, 5.74) is 0.348. The molecule has 0 aromatic carbocycles. The lowest BCUT2D eigenvalue weighted by Crippen LogP contribution is -2.37. The highest BCUT2D eigenvalue weighted by atomic mass is 16.6. The highest BCUT2D eigenvalue weighted by Gasteiger charge is 2.29. The summed E-state index contributed by atoms with van der Waals surface area (Å²) in [5.74, 6) is -0.690. The Bertz CT molecular complexity index is 223. The van der Waals surface area contributed by atoms with Gasteiger partial charge in [0.15, 0.2) is 0 Å². The molecule has 1 fully saturated rings. The summed E-state index contributed by atoms with van der Waals surface area (Å²) in [5, 5.41) is 0. The molecule has 1 atom stereocenters. The van der Waals surface area contributed by atoms with Crippen LogP contribution in [0.4, 0.5) is 0 Å². The van der Waals surface area contributed by atoms with E-state index in [0.29, 0.717) is 12.0 Å². The van der Waals surface area contributed by atoms with Crippen molar-refractivity contribution in [2.24, 2.45) is 0 Å². The van der Waals surface area contributed by atoms with Gasteiger partial charge in [0.2, 0.25) is 0 Å². The lowest BCUT2D eigenvalue weighted by atomic mass is 10.2. The molecule has 0 aliphatic carbocycles. The number of cyclic esters (lactones) is 1. The maximum Gasteiger partial charge on any atom is 0.333 e. The van der Waals surface area contributed by atoms with E-state index in [4.69, 9.17) is 4.74 Å². The van der Waals surface area contributed by atoms with E-state index in [0.717, 1.165) is 0 Å². The Balaban J connectivity index is 2.14. The Morgan fingerprint density at radius 3 is 2.83 bits per heavy atom. The van der Waals surface area contributed by atoms with Gasteiger partial charge in [-0.3, -0.25) is 4.79 Å². The molecule has 0 N–H and O–H groups in total. The Morgan fingerprint density at radius 1 is 1.83 bits per heavy atom. The van der Waals surface area contributed by atoms with Crippen LogP contribution in [0.3, 0.4) is 0 Å². The summed E-state index contributed by atoms with van der Waals surface area (Å²) in [4.78, 5) is 21.1. The maximum atomic E-state index is 10.8. The van der Waals surface area contributed by atoms with Gasteiger partial charge in [-0.05, 0) is 6.92 Å². The smallest absolute Gasteiger partial charge is 0.333 e. The summed E-state index contributed by atoms with van der Waals surface area (Å²) in [7, 11) is 0. The van der Waals surface area contributed by atoms with Crippen LogP contribution in [0, 0.1) is 0 Å². The average Bonchev–Trinajstić information content (AvgIpc) is 1.95. The number of hydrogen-bond donors (Lipinski definition) is 0. The highest BCUT2D eigenvalue weighted by molar-refractivity contribution is 5.87. The molecule has 0 saturated carbocycles. The molecule has 0 aromatic rings. The van der Waals surface area contributed by atoms with E-state index < -0.39 is 5.97 Å². The molecule has 0 spiro atoms. The zero-order valence-corrected chi connectivity index (χ0v) is 6.83. The molecule has 1 rings (SSSR count). The van der Waals surface area contributed by atoms with Crippen molar-refractivity contribution >= 4 is 11.9 Å². The van der Waals surface area contributed by atoms with Crippen LogP contribution >= 0.6 is 0 Å². The van der Waals surface area contributed by atoms with Crippen LogP contribution in [-0.2, 0) is 19.1 Å². The van der Waals surface area contributed by atoms with E-state index in [9.17, 15) is 9.59 Å². The first-order chi connectivity index (χ1) is 5.59. The standard InChI is InChI=1S/C8H10O4/c1-5(2)8(10)11-4-6-3-7(9)12-6/h6H,1,3-4H2,2H3. The zero-order valence-electron chi connectivity index (χ0n) is 6.83. The third kappa shape index (κ3) is 2.08. The average molecular weight is 170 g/mol. The number of rotatable bonds is 3. The highest BCUT2D eigenvalue weighted by Crippen LogP contribution is 2.13. The third-order valence-electron chi connectivity index (χ3n) is 1.44. The lowest BCUT2D eigenvalue weighted by Gasteiger charge is -2.24. The van der Waals surface area contributed by atoms with E-state index >= 15 is 0 Å². The van der Waals surface area contributed by atoms with Crippen LogP contribution in [0.25, 0.3) is 0 Å². The molecule has 0 radical (unpaired) electrons. The first-order valence-electron chi connectivity index (χ1n) is 3.61. The normalized spacial score (nSPS) is 20.8. The lowest BCUT2D eigenvalue weighted by molar-refractivity contribution is -0.177. The van der Waals surface area contributed by atoms with Gasteiger partial charge in [0, 0.05) is 5.57 Å². The molecule has 0 aromatic heterocycles. The van der Waals surface area contributed by atoms with Gasteiger partial charge < -0.3 is 9.47 Å². The largest absolute Gasteiger partial charge is 0.458 e. The van der Waals surface area contributed by atoms with Crippen LogP contribution in [0.1, 0.15) is 13.3 Å². The summed E-state index contributed by atoms with van der Waals surface area (Å²) in [6, 6.07) is 0. The minimum absolute atomic E-state index is 0.136. The predicted molar refractivity (Wildman–Crippen MR) is 40.3 cm³/mol. The predicted octanol–water partition coefficient (Wildman–Crippen LogP) is 0.421. The zero-order chi connectivity index (χ0) is 9.14. The molecule has 1 heterocycles. The van der Waals surface area contributed by atoms with Gasteiger partial charge in [-0.25, -0.2) is 4.79 Å². The SMILES string of the molecule is C=C(C)C(=O)OCC1CC(=O)O1. The fourth-order valence-electron chi connectivity index (χ4n) is 0.747. The third-order valence-corrected chi connectivity index (χ3v) is 1.44. The minimum atomic E-state index is -0.446. The molecule has 1 saturated heterocycles. The van der Waals surface area contributed by atoms with Gasteiger partial charge in [-0.2, -0.15) is 0 Å². The van der Waals surface area contributed by atoms with Gasteiger partial charge in [-0.1, -0.05) is 6.58 Å². The van der Waals surface area contributed by atoms with E-state index in [-0.39, 0.29) is 18.7 Å². The van der Waals surface area contributed by atoms with Gasteiger partial charge in [0.05, 0.1) is 6.42 Å². The number of carbonyl (C=O) groups is 2. The Morgan fingerprint density at radius 2 is 2.42 bits per heavy atom. The van der Waals surface area contributed by atoms with Crippen molar-refractivity contribution in [3.8, 4) is 0 Å². The number of esters is 2. The molecule has 4 nitrogen and oxygen atoms in total. The molecule has 66 valence electrons. The molecule has 4 heteroatoms. The summed E-state index contributed by atoms with van der Waals surface area (Å²) in [6.45, 7) is 5.11. The van der Waals surface area contributed by atoms with Crippen LogP contribution in [0.5, 0.6) is 0 Å². The number of ether oxygens (including phenoxy) is 2. The second-order valence-electron chi connectivity index (χ2n) is 2.69. The van der Waals surface area contributed by atoms with Crippen LogP contribution in [0.15, 0.2) is 12.2 Å². The molecule has 0 bridgehead atoms. The second-order valence-corrected chi connectivity index (χ2v) is 2.69. The minimum Gasteiger partial charge on any atom is -0.458 e. The number of hydrogen-bond acceptors (Lipinski definition) is 4. The number of carbonyl (C=O) groups excluding carboxylic acids is 2. The van der Waals surface area contributed by atoms with Crippen molar-refractivity contribution < 1.29 is 19.1 Å². The monoisotopic (exact) mass is 170 g/mol. The molecular weight excluding hydrogens is 160 g/mol. The summed E-state index contributed by atoms with van der Waals surface area (Å²) in [6.07, 6.45) is 0.0875. The van der Waals surface area contributed by atoms with Crippen molar-refractivity contribution in [2.75, 3.05) is 6.61 Å². The second kappa shape index (κ2) is 3.38. The van der Waals surface area contributed by atoms with E-state index in [1.807, 2.05) is 0 Å². The summed E-state index contributed by atoms with van der Waals surface area (Å²) < 4.78 is 9.36. The van der Waals surface area contributed by atoms with Gasteiger partial charge in [-0.15, -0.1) is 0 Å². The first kappa shape index (κ1) is 8.77. The van der Waals surface area contributed by atoms with Gasteiger partial charge in [0.25, 0.3) is 0 Å². The van der Waals surface area contributed by atoms with Crippen molar-refractivity contribution in [3.05, 3.63) is 12.2 Å². The van der Waals surface area contributed by atoms with E-state index in [2.05, 4.69) is 11.3 Å².